The lowest BCUT2D eigenvalue weighted by Crippen LogP contribution is -2.50. The van der Waals surface area contributed by atoms with Crippen LogP contribution in [0.25, 0.3) is 0 Å². The van der Waals surface area contributed by atoms with Crippen LogP contribution in [0, 0.1) is 12.7 Å². The monoisotopic (exact) mass is 342 g/mol. The van der Waals surface area contributed by atoms with Crippen LogP contribution in [0.1, 0.15) is 38.7 Å². The predicted octanol–water partition coefficient (Wildman–Crippen LogP) is 4.26. The highest BCUT2D eigenvalue weighted by atomic mass is 79.9. The Hall–Kier alpha value is -0.610. The van der Waals surface area contributed by atoms with E-state index in [0.29, 0.717) is 4.47 Å². The van der Waals surface area contributed by atoms with Crippen LogP contribution in [0.2, 0.25) is 0 Å². The van der Waals surface area contributed by atoms with Crippen LogP contribution in [0.15, 0.2) is 16.6 Å². The third-order valence-electron chi connectivity index (χ3n) is 4.53. The highest BCUT2D eigenvalue weighted by molar-refractivity contribution is 9.10. The molecule has 0 spiro atoms. The minimum absolute atomic E-state index is 0.170. The SMILES string of the molecule is CCC1(CC)CN(c2cc(Br)c(F)cc2C)CCCN1. The summed E-state index contributed by atoms with van der Waals surface area (Å²) >= 11 is 3.31. The van der Waals surface area contributed by atoms with Gasteiger partial charge in [-0.25, -0.2) is 4.39 Å². The highest BCUT2D eigenvalue weighted by Crippen LogP contribution is 2.30. The van der Waals surface area contributed by atoms with Crippen LogP contribution in [-0.4, -0.2) is 25.2 Å². The minimum atomic E-state index is -0.184. The molecule has 0 radical (unpaired) electrons. The van der Waals surface area contributed by atoms with E-state index in [0.717, 1.165) is 50.1 Å². The second-order valence-corrected chi connectivity index (χ2v) is 6.60. The van der Waals surface area contributed by atoms with Gasteiger partial charge in [-0.05, 0) is 66.4 Å². The van der Waals surface area contributed by atoms with Gasteiger partial charge in [-0.1, -0.05) is 13.8 Å². The van der Waals surface area contributed by atoms with Crippen molar-refractivity contribution in [1.82, 2.24) is 5.32 Å². The Kier molecular flexibility index (Phi) is 5.08. The van der Waals surface area contributed by atoms with Gasteiger partial charge in [-0.15, -0.1) is 0 Å². The van der Waals surface area contributed by atoms with Crippen molar-refractivity contribution in [3.8, 4) is 0 Å². The van der Waals surface area contributed by atoms with Crippen LogP contribution in [-0.2, 0) is 0 Å². The maximum atomic E-state index is 13.6. The maximum absolute atomic E-state index is 13.6. The zero-order chi connectivity index (χ0) is 14.8. The van der Waals surface area contributed by atoms with Crippen LogP contribution in [0.4, 0.5) is 10.1 Å². The summed E-state index contributed by atoms with van der Waals surface area (Å²) in [4.78, 5) is 2.41. The van der Waals surface area contributed by atoms with Gasteiger partial charge in [-0.3, -0.25) is 0 Å². The first-order chi connectivity index (χ1) is 9.51. The summed E-state index contributed by atoms with van der Waals surface area (Å²) in [7, 11) is 0. The Labute approximate surface area is 129 Å². The zero-order valence-electron chi connectivity index (χ0n) is 12.6. The Morgan fingerprint density at radius 1 is 1.35 bits per heavy atom. The number of anilines is 1. The number of halogens is 2. The predicted molar refractivity (Wildman–Crippen MR) is 87.0 cm³/mol. The number of nitrogens with zero attached hydrogens (tertiary/aromatic N) is 1. The average Bonchev–Trinajstić information content (AvgIpc) is 2.66. The molecule has 0 saturated carbocycles. The van der Waals surface area contributed by atoms with Gasteiger partial charge in [0.2, 0.25) is 0 Å². The van der Waals surface area contributed by atoms with Crippen molar-refractivity contribution < 1.29 is 4.39 Å². The van der Waals surface area contributed by atoms with E-state index in [1.807, 2.05) is 13.0 Å². The van der Waals surface area contributed by atoms with Crippen molar-refractivity contribution in [2.45, 2.75) is 45.6 Å². The first-order valence-corrected chi connectivity index (χ1v) is 8.26. The molecule has 1 aliphatic heterocycles. The molecule has 1 heterocycles. The normalized spacial score (nSPS) is 18.9. The van der Waals surface area contributed by atoms with Crippen LogP contribution in [0.3, 0.4) is 0 Å². The van der Waals surface area contributed by atoms with Crippen molar-refractivity contribution in [3.05, 3.63) is 28.0 Å². The van der Waals surface area contributed by atoms with Gasteiger partial charge in [0.15, 0.2) is 0 Å². The van der Waals surface area contributed by atoms with E-state index >= 15 is 0 Å². The second kappa shape index (κ2) is 6.44. The number of benzene rings is 1. The summed E-state index contributed by atoms with van der Waals surface area (Å²) in [5, 5.41) is 3.71. The largest absolute Gasteiger partial charge is 0.369 e. The molecular weight excluding hydrogens is 319 g/mol. The molecule has 20 heavy (non-hydrogen) atoms. The molecule has 2 nitrogen and oxygen atoms in total. The zero-order valence-corrected chi connectivity index (χ0v) is 14.2. The first-order valence-electron chi connectivity index (χ1n) is 7.47. The minimum Gasteiger partial charge on any atom is -0.369 e. The Morgan fingerprint density at radius 3 is 2.70 bits per heavy atom. The van der Waals surface area contributed by atoms with Gasteiger partial charge in [0.25, 0.3) is 0 Å². The number of rotatable bonds is 3. The molecule has 0 amide bonds. The molecule has 112 valence electrons. The van der Waals surface area contributed by atoms with Crippen LogP contribution in [0.5, 0.6) is 0 Å². The molecule has 0 unspecified atom stereocenters. The number of nitrogens with one attached hydrogen (secondary N) is 1. The van der Waals surface area contributed by atoms with Crippen LogP contribution < -0.4 is 10.2 Å². The van der Waals surface area contributed by atoms with Gasteiger partial charge in [0, 0.05) is 24.3 Å². The fourth-order valence-corrected chi connectivity index (χ4v) is 3.36. The first kappa shape index (κ1) is 15.8. The molecule has 0 aliphatic carbocycles. The molecule has 0 atom stereocenters. The van der Waals surface area contributed by atoms with Crippen molar-refractivity contribution in [2.24, 2.45) is 0 Å². The quantitative estimate of drug-likeness (QED) is 0.882. The molecule has 1 saturated heterocycles. The maximum Gasteiger partial charge on any atom is 0.137 e. The molecule has 1 N–H and O–H groups in total. The van der Waals surface area contributed by atoms with E-state index in [9.17, 15) is 4.39 Å². The van der Waals surface area contributed by atoms with Crippen molar-refractivity contribution in [3.63, 3.8) is 0 Å². The van der Waals surface area contributed by atoms with E-state index in [2.05, 4.69) is 40.0 Å². The summed E-state index contributed by atoms with van der Waals surface area (Å²) in [5.74, 6) is -0.184. The molecule has 4 heteroatoms. The third-order valence-corrected chi connectivity index (χ3v) is 5.14. The molecule has 0 aromatic heterocycles. The lowest BCUT2D eigenvalue weighted by molar-refractivity contribution is 0.321. The van der Waals surface area contributed by atoms with Gasteiger partial charge < -0.3 is 10.2 Å². The van der Waals surface area contributed by atoms with Gasteiger partial charge in [0.1, 0.15) is 5.82 Å². The van der Waals surface area contributed by atoms with Gasteiger partial charge >= 0.3 is 0 Å². The Bertz CT molecular complexity index is 472. The number of hydrogen-bond acceptors (Lipinski definition) is 2. The molecule has 1 aromatic carbocycles. The Morgan fingerprint density at radius 2 is 2.05 bits per heavy atom. The van der Waals surface area contributed by atoms with Gasteiger partial charge in [0.05, 0.1) is 4.47 Å². The van der Waals surface area contributed by atoms with Gasteiger partial charge in [-0.2, -0.15) is 0 Å². The molecule has 0 bridgehead atoms. The van der Waals surface area contributed by atoms with Crippen molar-refractivity contribution in [2.75, 3.05) is 24.5 Å². The summed E-state index contributed by atoms with van der Waals surface area (Å²) in [6.45, 7) is 9.54. The molecule has 1 aliphatic rings. The summed E-state index contributed by atoms with van der Waals surface area (Å²) in [5.41, 5.74) is 2.33. The second-order valence-electron chi connectivity index (χ2n) is 5.74. The van der Waals surface area contributed by atoms with E-state index < -0.39 is 0 Å². The number of hydrogen-bond donors (Lipinski definition) is 1. The highest BCUT2D eigenvalue weighted by Gasteiger charge is 2.31. The smallest absolute Gasteiger partial charge is 0.137 e. The average molecular weight is 343 g/mol. The summed E-state index contributed by atoms with van der Waals surface area (Å²) < 4.78 is 14.2. The molecule has 1 fully saturated rings. The standard InChI is InChI=1S/C16H24BrFN2/c1-4-16(5-2)11-20(8-6-7-19-16)15-10-13(17)14(18)9-12(15)3/h9-10,19H,4-8,11H2,1-3H3. The molecule has 2 rings (SSSR count). The fraction of sp³-hybridized carbons (Fsp3) is 0.625. The van der Waals surface area contributed by atoms with E-state index in [4.69, 9.17) is 0 Å². The van der Waals surface area contributed by atoms with E-state index in [-0.39, 0.29) is 11.4 Å². The summed E-state index contributed by atoms with van der Waals surface area (Å²) in [6.07, 6.45) is 3.35. The van der Waals surface area contributed by atoms with E-state index in [1.54, 1.807) is 6.07 Å². The Balaban J connectivity index is 2.33. The van der Waals surface area contributed by atoms with E-state index in [1.165, 1.54) is 0 Å². The third kappa shape index (κ3) is 3.17. The molecular formula is C16H24BrFN2. The number of aryl methyl sites for hydroxylation is 1. The topological polar surface area (TPSA) is 15.3 Å². The molecule has 1 aromatic rings. The van der Waals surface area contributed by atoms with Crippen molar-refractivity contribution >= 4 is 21.6 Å². The fourth-order valence-electron chi connectivity index (χ4n) is 3.03. The van der Waals surface area contributed by atoms with Crippen molar-refractivity contribution in [1.29, 1.82) is 0 Å². The lowest BCUT2D eigenvalue weighted by Gasteiger charge is -2.37. The van der Waals surface area contributed by atoms with Crippen LogP contribution >= 0.6 is 15.9 Å². The summed E-state index contributed by atoms with van der Waals surface area (Å²) in [6, 6.07) is 3.55. The lowest BCUT2D eigenvalue weighted by atomic mass is 9.92.